The maximum atomic E-state index is 13.8. The zero-order valence-electron chi connectivity index (χ0n) is 13.0. The standard InChI is InChI=1S/C17H22ClFN2O2/c18-14-2-1-3-15(19)13(14)10-21-8-6-11(7-9-21)16(22)17(23)20-12-4-5-12/h1-3,11-12,16,22H,4-10H2,(H,20,23). The van der Waals surface area contributed by atoms with Crippen LogP contribution in [0.5, 0.6) is 0 Å². The van der Waals surface area contributed by atoms with Crippen molar-refractivity contribution in [3.05, 3.63) is 34.6 Å². The number of carbonyl (C=O) groups excluding carboxylic acids is 1. The number of carbonyl (C=O) groups is 1. The van der Waals surface area contributed by atoms with Gasteiger partial charge in [0.1, 0.15) is 11.9 Å². The number of benzene rings is 1. The van der Waals surface area contributed by atoms with Gasteiger partial charge in [-0.15, -0.1) is 0 Å². The van der Waals surface area contributed by atoms with Crippen LogP contribution in [0.2, 0.25) is 5.02 Å². The van der Waals surface area contributed by atoms with Crippen molar-refractivity contribution >= 4 is 17.5 Å². The molecule has 126 valence electrons. The summed E-state index contributed by atoms with van der Waals surface area (Å²) >= 11 is 6.06. The molecular weight excluding hydrogens is 319 g/mol. The number of hydrogen-bond donors (Lipinski definition) is 2. The third kappa shape index (κ3) is 4.22. The molecule has 1 saturated heterocycles. The molecule has 0 aromatic heterocycles. The average molecular weight is 341 g/mol. The average Bonchev–Trinajstić information content (AvgIpc) is 3.35. The molecule has 1 amide bonds. The van der Waals surface area contributed by atoms with E-state index in [9.17, 15) is 14.3 Å². The molecule has 1 heterocycles. The van der Waals surface area contributed by atoms with Crippen LogP contribution in [0.25, 0.3) is 0 Å². The van der Waals surface area contributed by atoms with Crippen LogP contribution in [0.15, 0.2) is 18.2 Å². The van der Waals surface area contributed by atoms with Crippen molar-refractivity contribution in [2.75, 3.05) is 13.1 Å². The molecule has 3 rings (SSSR count). The van der Waals surface area contributed by atoms with Crippen molar-refractivity contribution in [1.29, 1.82) is 0 Å². The van der Waals surface area contributed by atoms with E-state index in [-0.39, 0.29) is 23.7 Å². The van der Waals surface area contributed by atoms with Crippen molar-refractivity contribution in [2.45, 2.75) is 44.4 Å². The SMILES string of the molecule is O=C(NC1CC1)C(O)C1CCN(Cc2c(F)cccc2Cl)CC1. The van der Waals surface area contributed by atoms with Gasteiger partial charge >= 0.3 is 0 Å². The summed E-state index contributed by atoms with van der Waals surface area (Å²) in [6.07, 6.45) is 2.55. The van der Waals surface area contributed by atoms with Gasteiger partial charge in [0.05, 0.1) is 0 Å². The molecule has 1 saturated carbocycles. The van der Waals surface area contributed by atoms with E-state index in [4.69, 9.17) is 11.6 Å². The summed E-state index contributed by atoms with van der Waals surface area (Å²) in [5.74, 6) is -0.562. The van der Waals surface area contributed by atoms with Gasteiger partial charge in [0.2, 0.25) is 5.91 Å². The third-order valence-corrected chi connectivity index (χ3v) is 5.07. The van der Waals surface area contributed by atoms with Crippen molar-refractivity contribution in [1.82, 2.24) is 10.2 Å². The van der Waals surface area contributed by atoms with Crippen molar-refractivity contribution < 1.29 is 14.3 Å². The molecule has 6 heteroatoms. The molecule has 2 aliphatic rings. The minimum Gasteiger partial charge on any atom is -0.383 e. The van der Waals surface area contributed by atoms with Crippen molar-refractivity contribution in [2.24, 2.45) is 5.92 Å². The number of rotatable bonds is 5. The lowest BCUT2D eigenvalue weighted by molar-refractivity contribution is -0.133. The fraction of sp³-hybridized carbons (Fsp3) is 0.588. The number of aliphatic hydroxyl groups is 1. The highest BCUT2D eigenvalue weighted by Gasteiger charge is 2.33. The number of nitrogens with zero attached hydrogens (tertiary/aromatic N) is 1. The van der Waals surface area contributed by atoms with Crippen LogP contribution >= 0.6 is 11.6 Å². The van der Waals surface area contributed by atoms with Crippen LogP contribution in [0.1, 0.15) is 31.2 Å². The van der Waals surface area contributed by atoms with Gasteiger partial charge in [0, 0.05) is 23.2 Å². The first-order valence-corrected chi connectivity index (χ1v) is 8.56. The fourth-order valence-corrected chi connectivity index (χ4v) is 3.28. The summed E-state index contributed by atoms with van der Waals surface area (Å²) in [5, 5.41) is 13.5. The number of hydrogen-bond acceptors (Lipinski definition) is 3. The van der Waals surface area contributed by atoms with Crippen LogP contribution in [-0.4, -0.2) is 41.1 Å². The quantitative estimate of drug-likeness (QED) is 0.865. The van der Waals surface area contributed by atoms with Crippen LogP contribution in [-0.2, 0) is 11.3 Å². The molecule has 0 spiro atoms. The highest BCUT2D eigenvalue weighted by atomic mass is 35.5. The normalized spacial score (nSPS) is 21.2. The lowest BCUT2D eigenvalue weighted by atomic mass is 9.90. The maximum absolute atomic E-state index is 13.8. The van der Waals surface area contributed by atoms with Gasteiger partial charge in [-0.3, -0.25) is 9.69 Å². The Bertz CT molecular complexity index is 551. The number of amides is 1. The molecule has 23 heavy (non-hydrogen) atoms. The minimum atomic E-state index is -0.935. The lowest BCUT2D eigenvalue weighted by Crippen LogP contribution is -2.45. The Morgan fingerprint density at radius 1 is 1.35 bits per heavy atom. The molecule has 1 aromatic carbocycles. The maximum Gasteiger partial charge on any atom is 0.249 e. The number of nitrogens with one attached hydrogen (secondary N) is 1. The number of piperidine rings is 1. The van der Waals surface area contributed by atoms with Gasteiger partial charge in [0.25, 0.3) is 0 Å². The van der Waals surface area contributed by atoms with E-state index in [0.29, 0.717) is 17.1 Å². The van der Waals surface area contributed by atoms with Crippen LogP contribution in [0.3, 0.4) is 0 Å². The van der Waals surface area contributed by atoms with Crippen LogP contribution in [0, 0.1) is 11.7 Å². The number of halogens is 2. The van der Waals surface area contributed by atoms with E-state index < -0.39 is 6.10 Å². The molecule has 1 unspecified atom stereocenters. The van der Waals surface area contributed by atoms with Gasteiger partial charge < -0.3 is 10.4 Å². The Morgan fingerprint density at radius 3 is 2.65 bits per heavy atom. The smallest absolute Gasteiger partial charge is 0.249 e. The van der Waals surface area contributed by atoms with E-state index in [1.165, 1.54) is 6.07 Å². The summed E-state index contributed by atoms with van der Waals surface area (Å²) in [4.78, 5) is 14.0. The van der Waals surface area contributed by atoms with Gasteiger partial charge in [-0.25, -0.2) is 4.39 Å². The summed E-state index contributed by atoms with van der Waals surface area (Å²) < 4.78 is 13.8. The van der Waals surface area contributed by atoms with Gasteiger partial charge in [-0.2, -0.15) is 0 Å². The van der Waals surface area contributed by atoms with E-state index in [1.807, 2.05) is 0 Å². The Kier molecular flexibility index (Phi) is 5.19. The van der Waals surface area contributed by atoms with E-state index in [2.05, 4.69) is 10.2 Å². The molecule has 1 aromatic rings. The zero-order chi connectivity index (χ0) is 16.4. The van der Waals surface area contributed by atoms with E-state index >= 15 is 0 Å². The minimum absolute atomic E-state index is 0.0268. The van der Waals surface area contributed by atoms with Crippen LogP contribution < -0.4 is 5.32 Å². The van der Waals surface area contributed by atoms with Crippen molar-refractivity contribution in [3.63, 3.8) is 0 Å². The largest absolute Gasteiger partial charge is 0.383 e. The van der Waals surface area contributed by atoms with E-state index in [1.54, 1.807) is 12.1 Å². The first-order chi connectivity index (χ1) is 11.0. The first kappa shape index (κ1) is 16.7. The second-order valence-corrected chi connectivity index (χ2v) is 6.95. The molecule has 0 radical (unpaired) electrons. The summed E-state index contributed by atoms with van der Waals surface area (Å²) in [7, 11) is 0. The third-order valence-electron chi connectivity index (χ3n) is 4.71. The Morgan fingerprint density at radius 2 is 2.04 bits per heavy atom. The Labute approximate surface area is 140 Å². The summed E-state index contributed by atoms with van der Waals surface area (Å²) in [6, 6.07) is 4.97. The lowest BCUT2D eigenvalue weighted by Gasteiger charge is -2.34. The summed E-state index contributed by atoms with van der Waals surface area (Å²) in [6.45, 7) is 1.91. The highest BCUT2D eigenvalue weighted by molar-refractivity contribution is 6.31. The molecule has 2 fully saturated rings. The first-order valence-electron chi connectivity index (χ1n) is 8.18. The van der Waals surface area contributed by atoms with E-state index in [0.717, 1.165) is 38.8 Å². The Balaban J connectivity index is 1.51. The second-order valence-electron chi connectivity index (χ2n) is 6.54. The number of likely N-dealkylation sites (tertiary alicyclic amines) is 1. The molecule has 0 bridgehead atoms. The van der Waals surface area contributed by atoms with Crippen molar-refractivity contribution in [3.8, 4) is 0 Å². The zero-order valence-corrected chi connectivity index (χ0v) is 13.7. The van der Waals surface area contributed by atoms with Gasteiger partial charge in [0.15, 0.2) is 0 Å². The predicted molar refractivity (Wildman–Crippen MR) is 86.6 cm³/mol. The fourth-order valence-electron chi connectivity index (χ4n) is 3.06. The predicted octanol–water partition coefficient (Wildman–Crippen LogP) is 2.33. The Hall–Kier alpha value is -1.17. The second kappa shape index (κ2) is 7.16. The molecule has 1 atom stereocenters. The molecule has 4 nitrogen and oxygen atoms in total. The number of aliphatic hydroxyl groups excluding tert-OH is 1. The van der Waals surface area contributed by atoms with Gasteiger partial charge in [-0.1, -0.05) is 17.7 Å². The molecular formula is C17H22ClFN2O2. The summed E-state index contributed by atoms with van der Waals surface area (Å²) in [5.41, 5.74) is 0.514. The topological polar surface area (TPSA) is 52.6 Å². The van der Waals surface area contributed by atoms with Gasteiger partial charge in [-0.05, 0) is 56.8 Å². The monoisotopic (exact) mass is 340 g/mol. The van der Waals surface area contributed by atoms with Crippen LogP contribution in [0.4, 0.5) is 4.39 Å². The molecule has 2 N–H and O–H groups in total. The molecule has 1 aliphatic heterocycles. The highest BCUT2D eigenvalue weighted by Crippen LogP contribution is 2.26. The molecule has 1 aliphatic carbocycles.